The maximum atomic E-state index is 13.7. The van der Waals surface area contributed by atoms with Crippen molar-refractivity contribution in [2.24, 2.45) is 0 Å². The Morgan fingerprint density at radius 3 is 2.14 bits per heavy atom. The van der Waals surface area contributed by atoms with E-state index in [9.17, 15) is 18.0 Å². The first kappa shape index (κ1) is 29.0. The summed E-state index contributed by atoms with van der Waals surface area (Å²) in [6, 6.07) is 8.47. The van der Waals surface area contributed by atoms with Crippen LogP contribution in [-0.2, 0) is 26.0 Å². The summed E-state index contributed by atoms with van der Waals surface area (Å²) < 4.78 is 28.5. The Hall–Kier alpha value is -1.55. The number of carbonyl (C=O) groups is 2. The van der Waals surface area contributed by atoms with Crippen LogP contribution >= 0.6 is 46.4 Å². The van der Waals surface area contributed by atoms with Crippen molar-refractivity contribution in [3.05, 3.63) is 62.1 Å². The van der Waals surface area contributed by atoms with E-state index in [4.69, 9.17) is 46.4 Å². The van der Waals surface area contributed by atoms with Gasteiger partial charge in [-0.1, -0.05) is 58.5 Å². The van der Waals surface area contributed by atoms with Crippen molar-refractivity contribution in [2.75, 3.05) is 13.6 Å². The number of halogens is 4. The van der Waals surface area contributed by atoms with Gasteiger partial charge in [0, 0.05) is 42.5 Å². The molecular formula is C24H27Cl4N3O4S. The van der Waals surface area contributed by atoms with Crippen LogP contribution in [0.5, 0.6) is 0 Å². The molecule has 1 heterocycles. The molecule has 0 saturated carbocycles. The molecule has 0 radical (unpaired) electrons. The first-order valence-electron chi connectivity index (χ1n) is 11.2. The van der Waals surface area contributed by atoms with Gasteiger partial charge in [0.05, 0.1) is 16.2 Å². The van der Waals surface area contributed by atoms with E-state index in [1.807, 2.05) is 13.8 Å². The highest BCUT2D eigenvalue weighted by Crippen LogP contribution is 2.37. The fourth-order valence-corrected chi connectivity index (χ4v) is 7.36. The van der Waals surface area contributed by atoms with Crippen molar-refractivity contribution >= 4 is 68.2 Å². The second kappa shape index (κ2) is 11.5. The average molecular weight is 595 g/mol. The maximum absolute atomic E-state index is 13.7. The minimum Gasteiger partial charge on any atom is -0.342 e. The van der Waals surface area contributed by atoms with Gasteiger partial charge in [-0.3, -0.25) is 9.59 Å². The minimum atomic E-state index is -4.25. The van der Waals surface area contributed by atoms with Crippen molar-refractivity contribution < 1.29 is 18.0 Å². The zero-order chi connectivity index (χ0) is 26.9. The van der Waals surface area contributed by atoms with E-state index >= 15 is 0 Å². The van der Waals surface area contributed by atoms with Crippen LogP contribution in [0.25, 0.3) is 0 Å². The van der Waals surface area contributed by atoms with Crippen LogP contribution < -0.4 is 0 Å². The van der Waals surface area contributed by atoms with E-state index in [1.54, 1.807) is 43.1 Å². The van der Waals surface area contributed by atoms with Gasteiger partial charge >= 0.3 is 0 Å². The third kappa shape index (κ3) is 5.95. The lowest BCUT2D eigenvalue weighted by molar-refractivity contribution is -0.154. The van der Waals surface area contributed by atoms with Gasteiger partial charge in [0.1, 0.15) is 10.9 Å². The van der Waals surface area contributed by atoms with Crippen molar-refractivity contribution in [2.45, 2.75) is 56.8 Å². The standard InChI is InChI=1S/C24H27Cl4N3O4S/c1-14(2)29(4)24(33)21(11-16-5-7-17(25)8-6-16)31-15(3)30(10-9-22(31)32)36(34,35)23-19(27)12-18(26)13-20(23)28/h5-8,12-15,21H,9-11H2,1-4H3. The first-order valence-corrected chi connectivity index (χ1v) is 14.2. The molecule has 0 N–H and O–H groups in total. The molecule has 36 heavy (non-hydrogen) atoms. The number of rotatable bonds is 7. The van der Waals surface area contributed by atoms with Crippen molar-refractivity contribution in [3.63, 3.8) is 0 Å². The summed E-state index contributed by atoms with van der Waals surface area (Å²) in [5.41, 5.74) is 0.777. The summed E-state index contributed by atoms with van der Waals surface area (Å²) in [5.74, 6) is -0.631. The Labute approximate surface area is 231 Å². The van der Waals surface area contributed by atoms with E-state index in [1.165, 1.54) is 17.0 Å². The van der Waals surface area contributed by atoms with Crippen LogP contribution in [0.4, 0.5) is 0 Å². The molecule has 7 nitrogen and oxygen atoms in total. The molecule has 2 amide bonds. The molecule has 1 aliphatic heterocycles. The van der Waals surface area contributed by atoms with Gasteiger partial charge in [0.25, 0.3) is 0 Å². The smallest absolute Gasteiger partial charge is 0.247 e. The van der Waals surface area contributed by atoms with Crippen LogP contribution in [0.15, 0.2) is 41.3 Å². The number of hydrogen-bond donors (Lipinski definition) is 0. The molecule has 3 rings (SSSR count). The molecule has 1 fully saturated rings. The molecule has 0 spiro atoms. The fraction of sp³-hybridized carbons (Fsp3) is 0.417. The molecule has 0 aliphatic carbocycles. The second-order valence-electron chi connectivity index (χ2n) is 8.89. The quantitative estimate of drug-likeness (QED) is 0.433. The van der Waals surface area contributed by atoms with Gasteiger partial charge < -0.3 is 9.80 Å². The number of sulfonamides is 1. The van der Waals surface area contributed by atoms with Gasteiger partial charge in [-0.15, -0.1) is 0 Å². The number of amides is 2. The van der Waals surface area contributed by atoms with E-state index in [0.29, 0.717) is 5.02 Å². The maximum Gasteiger partial charge on any atom is 0.247 e. The minimum absolute atomic E-state index is 0.0873. The summed E-state index contributed by atoms with van der Waals surface area (Å²) >= 11 is 24.5. The van der Waals surface area contributed by atoms with Crippen LogP contribution in [0.3, 0.4) is 0 Å². The van der Waals surface area contributed by atoms with E-state index < -0.39 is 22.2 Å². The Morgan fingerprint density at radius 1 is 1.06 bits per heavy atom. The van der Waals surface area contributed by atoms with Gasteiger partial charge in [0.15, 0.2) is 0 Å². The molecule has 2 aromatic rings. The Morgan fingerprint density at radius 2 is 1.61 bits per heavy atom. The lowest BCUT2D eigenvalue weighted by Crippen LogP contribution is -2.63. The highest BCUT2D eigenvalue weighted by Gasteiger charge is 2.45. The SMILES string of the molecule is CC(C)N(C)C(=O)C(Cc1ccc(Cl)cc1)N1C(=O)CCN(S(=O)(=O)c2c(Cl)cc(Cl)cc2Cl)C1C. The summed E-state index contributed by atoms with van der Waals surface area (Å²) in [4.78, 5) is 29.4. The summed E-state index contributed by atoms with van der Waals surface area (Å²) in [5, 5.41) is 0.475. The molecule has 12 heteroatoms. The molecule has 0 bridgehead atoms. The summed E-state index contributed by atoms with van der Waals surface area (Å²) in [6.45, 7) is 5.21. The van der Waals surface area contributed by atoms with E-state index in [2.05, 4.69) is 0 Å². The van der Waals surface area contributed by atoms with E-state index in [-0.39, 0.29) is 57.2 Å². The molecule has 2 unspecified atom stereocenters. The zero-order valence-corrected chi connectivity index (χ0v) is 24.1. The van der Waals surface area contributed by atoms with Crippen molar-refractivity contribution in [3.8, 4) is 0 Å². The molecule has 1 aliphatic rings. The largest absolute Gasteiger partial charge is 0.342 e. The number of carbonyl (C=O) groups excluding carboxylic acids is 2. The van der Waals surface area contributed by atoms with Crippen LogP contribution in [0.1, 0.15) is 32.8 Å². The lowest BCUT2D eigenvalue weighted by atomic mass is 10.0. The van der Waals surface area contributed by atoms with Gasteiger partial charge in [-0.2, -0.15) is 4.31 Å². The Kier molecular flexibility index (Phi) is 9.23. The highest BCUT2D eigenvalue weighted by molar-refractivity contribution is 7.89. The fourth-order valence-electron chi connectivity index (χ4n) is 4.15. The molecule has 2 atom stereocenters. The Bertz CT molecular complexity index is 1230. The van der Waals surface area contributed by atoms with Crippen LogP contribution in [0.2, 0.25) is 20.1 Å². The molecule has 196 valence electrons. The Balaban J connectivity index is 2.06. The zero-order valence-electron chi connectivity index (χ0n) is 20.2. The molecular weight excluding hydrogens is 568 g/mol. The molecule has 2 aromatic carbocycles. The second-order valence-corrected chi connectivity index (χ2v) is 12.4. The van der Waals surface area contributed by atoms with Crippen LogP contribution in [-0.4, -0.2) is 66.2 Å². The number of likely N-dealkylation sites (N-methyl/N-ethyl adjacent to an activating group) is 1. The number of hydrogen-bond acceptors (Lipinski definition) is 4. The number of nitrogens with zero attached hydrogens (tertiary/aromatic N) is 3. The lowest BCUT2D eigenvalue weighted by Gasteiger charge is -2.45. The average Bonchev–Trinajstić information content (AvgIpc) is 2.77. The third-order valence-electron chi connectivity index (χ3n) is 6.27. The first-order chi connectivity index (χ1) is 16.7. The van der Waals surface area contributed by atoms with Gasteiger partial charge in [-0.05, 0) is 50.6 Å². The summed E-state index contributed by atoms with van der Waals surface area (Å²) in [7, 11) is -2.59. The normalized spacial score (nSPS) is 18.0. The van der Waals surface area contributed by atoms with Crippen LogP contribution in [0, 0.1) is 0 Å². The number of benzene rings is 2. The highest BCUT2D eigenvalue weighted by atomic mass is 35.5. The molecule has 0 aromatic heterocycles. The van der Waals surface area contributed by atoms with E-state index in [0.717, 1.165) is 9.87 Å². The third-order valence-corrected chi connectivity index (χ3v) is 9.62. The monoisotopic (exact) mass is 593 g/mol. The molecule has 1 saturated heterocycles. The topological polar surface area (TPSA) is 78.0 Å². The van der Waals surface area contributed by atoms with Crippen molar-refractivity contribution in [1.29, 1.82) is 0 Å². The predicted molar refractivity (Wildman–Crippen MR) is 143 cm³/mol. The van der Waals surface area contributed by atoms with Gasteiger partial charge in [-0.25, -0.2) is 8.42 Å². The summed E-state index contributed by atoms with van der Waals surface area (Å²) in [6.07, 6.45) is -0.914. The predicted octanol–water partition coefficient (Wildman–Crippen LogP) is 5.35. The van der Waals surface area contributed by atoms with Crippen molar-refractivity contribution in [1.82, 2.24) is 14.1 Å². The van der Waals surface area contributed by atoms with Gasteiger partial charge in [0.2, 0.25) is 21.8 Å².